The van der Waals surface area contributed by atoms with E-state index in [1.165, 1.54) is 16.7 Å². The molecule has 0 saturated heterocycles. The minimum atomic E-state index is 0.966. The molecule has 72 valence electrons. The highest BCUT2D eigenvalue weighted by atomic mass is 14.9. The van der Waals surface area contributed by atoms with Gasteiger partial charge in [-0.05, 0) is 31.0 Å². The Morgan fingerprint density at radius 1 is 0.929 bits per heavy atom. The van der Waals surface area contributed by atoms with Crippen molar-refractivity contribution in [3.63, 3.8) is 0 Å². The maximum absolute atomic E-state index is 2.21. The Morgan fingerprint density at radius 3 is 2.21 bits per heavy atom. The molecule has 0 radical (unpaired) electrons. The number of aryl methyl sites for hydroxylation is 2. The summed E-state index contributed by atoms with van der Waals surface area (Å²) in [6.45, 7) is 5.20. The number of aromatic nitrogens is 1. The lowest BCUT2D eigenvalue weighted by molar-refractivity contribution is 0.804. The van der Waals surface area contributed by atoms with Crippen LogP contribution >= 0.6 is 0 Å². The van der Waals surface area contributed by atoms with E-state index in [4.69, 9.17) is 0 Å². The van der Waals surface area contributed by atoms with Gasteiger partial charge in [-0.3, -0.25) is 0 Å². The van der Waals surface area contributed by atoms with Gasteiger partial charge in [0.05, 0.1) is 0 Å². The van der Waals surface area contributed by atoms with Gasteiger partial charge in [-0.15, -0.1) is 0 Å². The quantitative estimate of drug-likeness (QED) is 0.677. The lowest BCUT2D eigenvalue weighted by atomic mass is 10.1. The molecule has 0 unspecified atom stereocenters. The molecule has 1 aromatic carbocycles. The van der Waals surface area contributed by atoms with Crippen LogP contribution in [0, 0.1) is 13.8 Å². The molecule has 0 fully saturated rings. The van der Waals surface area contributed by atoms with Crippen molar-refractivity contribution in [2.45, 2.75) is 20.4 Å². The highest BCUT2D eigenvalue weighted by Gasteiger charge is 1.94. The van der Waals surface area contributed by atoms with Crippen molar-refractivity contribution >= 4 is 0 Å². The average molecular weight is 185 g/mol. The molecular formula is C13H15N. The minimum Gasteiger partial charge on any atom is -0.350 e. The Bertz CT molecular complexity index is 409. The van der Waals surface area contributed by atoms with Gasteiger partial charge < -0.3 is 4.57 Å². The molecule has 2 rings (SSSR count). The van der Waals surface area contributed by atoms with E-state index in [0.29, 0.717) is 0 Å². The zero-order valence-corrected chi connectivity index (χ0v) is 8.70. The predicted molar refractivity (Wildman–Crippen MR) is 59.5 cm³/mol. The third-order valence-electron chi connectivity index (χ3n) is 2.38. The molecule has 1 aromatic heterocycles. The third-order valence-corrected chi connectivity index (χ3v) is 2.38. The molecule has 0 aliphatic rings. The zero-order valence-electron chi connectivity index (χ0n) is 8.70. The summed E-state index contributed by atoms with van der Waals surface area (Å²) in [4.78, 5) is 0. The number of rotatable bonds is 2. The van der Waals surface area contributed by atoms with Crippen LogP contribution in [0.1, 0.15) is 16.7 Å². The summed E-state index contributed by atoms with van der Waals surface area (Å²) in [6.07, 6.45) is 4.29. The van der Waals surface area contributed by atoms with Gasteiger partial charge in [-0.25, -0.2) is 0 Å². The van der Waals surface area contributed by atoms with Crippen LogP contribution in [0.3, 0.4) is 0 Å². The van der Waals surface area contributed by atoms with E-state index >= 15 is 0 Å². The second-order valence-electron chi connectivity index (χ2n) is 3.85. The molecule has 0 atom stereocenters. The molecule has 0 N–H and O–H groups in total. The molecule has 0 spiro atoms. The minimum absolute atomic E-state index is 0.966. The van der Waals surface area contributed by atoms with E-state index in [2.05, 4.69) is 61.1 Å². The Hall–Kier alpha value is -1.50. The van der Waals surface area contributed by atoms with Crippen molar-refractivity contribution in [3.8, 4) is 0 Å². The Kier molecular flexibility index (Phi) is 2.40. The highest BCUT2D eigenvalue weighted by Crippen LogP contribution is 2.07. The van der Waals surface area contributed by atoms with Crippen LogP contribution in [0.5, 0.6) is 0 Å². The van der Waals surface area contributed by atoms with Gasteiger partial charge in [0.15, 0.2) is 0 Å². The van der Waals surface area contributed by atoms with E-state index in [9.17, 15) is 0 Å². The van der Waals surface area contributed by atoms with Gasteiger partial charge >= 0.3 is 0 Å². The first-order valence-corrected chi connectivity index (χ1v) is 4.92. The van der Waals surface area contributed by atoms with Crippen LogP contribution in [0.2, 0.25) is 0 Å². The summed E-state index contributed by atoms with van der Waals surface area (Å²) < 4.78 is 2.21. The molecule has 0 saturated carbocycles. The van der Waals surface area contributed by atoms with Gasteiger partial charge in [-0.1, -0.05) is 29.8 Å². The SMILES string of the molecule is Cc1ccc(Cn2ccc(C)c2)cc1. The summed E-state index contributed by atoms with van der Waals surface area (Å²) >= 11 is 0. The number of benzene rings is 1. The second kappa shape index (κ2) is 3.70. The lowest BCUT2D eigenvalue weighted by Crippen LogP contribution is -1.95. The van der Waals surface area contributed by atoms with Gasteiger partial charge in [0.25, 0.3) is 0 Å². The summed E-state index contributed by atoms with van der Waals surface area (Å²) in [5.74, 6) is 0. The Balaban J connectivity index is 2.15. The molecular weight excluding hydrogens is 170 g/mol. The van der Waals surface area contributed by atoms with Crippen molar-refractivity contribution in [1.82, 2.24) is 4.57 Å². The molecule has 0 bridgehead atoms. The summed E-state index contributed by atoms with van der Waals surface area (Å²) in [7, 11) is 0. The van der Waals surface area contributed by atoms with Gasteiger partial charge in [0.1, 0.15) is 0 Å². The van der Waals surface area contributed by atoms with E-state index in [0.717, 1.165) is 6.54 Å². The maximum Gasteiger partial charge on any atom is 0.0470 e. The molecule has 2 aromatic rings. The van der Waals surface area contributed by atoms with Crippen LogP contribution in [-0.2, 0) is 6.54 Å². The fourth-order valence-electron chi connectivity index (χ4n) is 1.56. The fourth-order valence-corrected chi connectivity index (χ4v) is 1.56. The van der Waals surface area contributed by atoms with Crippen molar-refractivity contribution < 1.29 is 0 Å². The second-order valence-corrected chi connectivity index (χ2v) is 3.85. The maximum atomic E-state index is 2.21. The first-order chi connectivity index (χ1) is 6.74. The predicted octanol–water partition coefficient (Wildman–Crippen LogP) is 3.15. The smallest absolute Gasteiger partial charge is 0.0470 e. The molecule has 1 nitrogen and oxygen atoms in total. The van der Waals surface area contributed by atoms with Crippen LogP contribution in [-0.4, -0.2) is 4.57 Å². The molecule has 1 heterocycles. The van der Waals surface area contributed by atoms with E-state index in [-0.39, 0.29) is 0 Å². The topological polar surface area (TPSA) is 4.93 Å². The van der Waals surface area contributed by atoms with E-state index in [1.54, 1.807) is 0 Å². The number of hydrogen-bond acceptors (Lipinski definition) is 0. The van der Waals surface area contributed by atoms with Crippen molar-refractivity contribution in [2.75, 3.05) is 0 Å². The first-order valence-electron chi connectivity index (χ1n) is 4.92. The Labute approximate surface area is 85.0 Å². The van der Waals surface area contributed by atoms with Crippen molar-refractivity contribution in [2.24, 2.45) is 0 Å². The molecule has 0 aliphatic heterocycles. The normalized spacial score (nSPS) is 10.4. The highest BCUT2D eigenvalue weighted by molar-refractivity contribution is 5.22. The Morgan fingerprint density at radius 2 is 1.64 bits per heavy atom. The van der Waals surface area contributed by atoms with Crippen LogP contribution < -0.4 is 0 Å². The monoisotopic (exact) mass is 185 g/mol. The first kappa shape index (κ1) is 9.07. The summed E-state index contributed by atoms with van der Waals surface area (Å²) in [6, 6.07) is 10.8. The molecule has 0 aliphatic carbocycles. The standard InChI is InChI=1S/C13H15N/c1-11-3-5-13(6-4-11)10-14-8-7-12(2)9-14/h3-9H,10H2,1-2H3. The number of hydrogen-bond donors (Lipinski definition) is 0. The molecule has 0 amide bonds. The van der Waals surface area contributed by atoms with Crippen molar-refractivity contribution in [3.05, 3.63) is 59.4 Å². The lowest BCUT2D eigenvalue weighted by Gasteiger charge is -2.03. The van der Waals surface area contributed by atoms with Crippen LogP contribution in [0.4, 0.5) is 0 Å². The van der Waals surface area contributed by atoms with Crippen LogP contribution in [0.15, 0.2) is 42.7 Å². The van der Waals surface area contributed by atoms with Gasteiger partial charge in [0.2, 0.25) is 0 Å². The molecule has 1 heteroatoms. The average Bonchev–Trinajstić information content (AvgIpc) is 2.56. The van der Waals surface area contributed by atoms with Gasteiger partial charge in [0, 0.05) is 18.9 Å². The third kappa shape index (κ3) is 2.05. The molecule has 14 heavy (non-hydrogen) atoms. The summed E-state index contributed by atoms with van der Waals surface area (Å²) in [5.41, 5.74) is 3.99. The fraction of sp³-hybridized carbons (Fsp3) is 0.231. The largest absolute Gasteiger partial charge is 0.350 e. The van der Waals surface area contributed by atoms with Crippen molar-refractivity contribution in [1.29, 1.82) is 0 Å². The van der Waals surface area contributed by atoms with Crippen LogP contribution in [0.25, 0.3) is 0 Å². The number of nitrogens with zero attached hydrogens (tertiary/aromatic N) is 1. The zero-order chi connectivity index (χ0) is 9.97. The van der Waals surface area contributed by atoms with Gasteiger partial charge in [-0.2, -0.15) is 0 Å². The van der Waals surface area contributed by atoms with E-state index < -0.39 is 0 Å². The van der Waals surface area contributed by atoms with E-state index in [1.807, 2.05) is 0 Å². The summed E-state index contributed by atoms with van der Waals surface area (Å²) in [5, 5.41) is 0.